The normalized spacial score (nSPS) is 12.1. The summed E-state index contributed by atoms with van der Waals surface area (Å²) in [5.41, 5.74) is 0.675. The Morgan fingerprint density at radius 3 is 2.79 bits per heavy atom. The van der Waals surface area contributed by atoms with Gasteiger partial charge in [-0.3, -0.25) is 0 Å². The van der Waals surface area contributed by atoms with E-state index in [0.29, 0.717) is 10.2 Å². The third kappa shape index (κ3) is 1.63. The van der Waals surface area contributed by atoms with E-state index in [2.05, 4.69) is 4.98 Å². The van der Waals surface area contributed by atoms with Crippen molar-refractivity contribution in [3.63, 3.8) is 0 Å². The molecule has 2 rings (SSSR count). The van der Waals surface area contributed by atoms with Gasteiger partial charge in [-0.1, -0.05) is 6.07 Å². The first-order valence-corrected chi connectivity index (χ1v) is 6.92. The van der Waals surface area contributed by atoms with Gasteiger partial charge in [0.25, 0.3) is 9.05 Å². The summed E-state index contributed by atoms with van der Waals surface area (Å²) in [6, 6.07) is 4.89. The summed E-state index contributed by atoms with van der Waals surface area (Å²) in [6.07, 6.45) is 0. The van der Waals surface area contributed by atoms with Gasteiger partial charge in [0.15, 0.2) is 0 Å². The molecule has 0 aliphatic heterocycles. The van der Waals surface area contributed by atoms with Crippen molar-refractivity contribution in [1.29, 1.82) is 0 Å². The van der Waals surface area contributed by atoms with Crippen molar-refractivity contribution in [2.75, 3.05) is 0 Å². The Balaban J connectivity index is 2.90. The third-order valence-corrected chi connectivity index (χ3v) is 4.26. The van der Waals surface area contributed by atoms with Crippen molar-refractivity contribution in [2.24, 2.45) is 0 Å². The van der Waals surface area contributed by atoms with E-state index in [1.54, 1.807) is 12.1 Å². The summed E-state index contributed by atoms with van der Waals surface area (Å²) in [7, 11) is 1.62. The summed E-state index contributed by atoms with van der Waals surface area (Å²) < 4.78 is 23.0. The van der Waals surface area contributed by atoms with Crippen LogP contribution in [0.25, 0.3) is 10.2 Å². The minimum atomic E-state index is -3.67. The number of rotatable bonds is 1. The molecule has 3 nitrogen and oxygen atoms in total. The van der Waals surface area contributed by atoms with Crippen molar-refractivity contribution in [3.05, 3.63) is 23.2 Å². The lowest BCUT2D eigenvalue weighted by Crippen LogP contribution is -1.89. The lowest BCUT2D eigenvalue weighted by Gasteiger charge is -1.95. The first-order valence-electron chi connectivity index (χ1n) is 3.79. The Hall–Kier alpha value is -0.650. The maximum absolute atomic E-state index is 11.2. The van der Waals surface area contributed by atoms with Gasteiger partial charge < -0.3 is 0 Å². The highest BCUT2D eigenvalue weighted by Crippen LogP contribution is 2.30. The molecule has 74 valence electrons. The number of fused-ring (bicyclic) bond motifs is 1. The average molecular weight is 248 g/mol. The van der Waals surface area contributed by atoms with E-state index in [1.807, 2.05) is 6.92 Å². The molecule has 1 heterocycles. The number of hydrogen-bond acceptors (Lipinski definition) is 4. The SMILES string of the molecule is Cc1nc2cccc(S(=O)(=O)Cl)c2s1. The molecular formula is C8H6ClNO2S2. The summed E-state index contributed by atoms with van der Waals surface area (Å²) in [4.78, 5) is 4.32. The molecule has 1 aromatic heterocycles. The largest absolute Gasteiger partial charge is 0.262 e. The first-order chi connectivity index (χ1) is 6.48. The highest BCUT2D eigenvalue weighted by atomic mass is 35.7. The molecule has 14 heavy (non-hydrogen) atoms. The molecule has 0 saturated heterocycles. The number of halogens is 1. The highest BCUT2D eigenvalue weighted by Gasteiger charge is 2.15. The zero-order valence-electron chi connectivity index (χ0n) is 7.19. The summed E-state index contributed by atoms with van der Waals surface area (Å²) >= 11 is 1.33. The molecule has 0 unspecified atom stereocenters. The second-order valence-electron chi connectivity index (χ2n) is 2.78. The fraction of sp³-hybridized carbons (Fsp3) is 0.125. The average Bonchev–Trinajstić information content (AvgIpc) is 2.41. The van der Waals surface area contributed by atoms with Crippen LogP contribution in [-0.4, -0.2) is 13.4 Å². The molecular weight excluding hydrogens is 242 g/mol. The van der Waals surface area contributed by atoms with Crippen LogP contribution in [0, 0.1) is 6.92 Å². The Bertz CT molecular complexity index is 588. The summed E-state index contributed by atoms with van der Waals surface area (Å²) in [5, 5.41) is 0.827. The smallest absolute Gasteiger partial charge is 0.241 e. The van der Waals surface area contributed by atoms with Gasteiger partial charge in [-0.15, -0.1) is 11.3 Å². The number of aryl methyl sites for hydroxylation is 1. The Labute approximate surface area is 89.8 Å². The standard InChI is InChI=1S/C8H6ClNO2S2/c1-5-10-6-3-2-4-7(8(6)13-5)14(9,11)12/h2-4H,1H3. The second kappa shape index (κ2) is 3.18. The number of aromatic nitrogens is 1. The Kier molecular flexibility index (Phi) is 2.25. The minimum absolute atomic E-state index is 0.141. The van der Waals surface area contributed by atoms with Crippen LogP contribution in [0.1, 0.15) is 5.01 Å². The molecule has 0 radical (unpaired) electrons. The highest BCUT2D eigenvalue weighted by molar-refractivity contribution is 8.14. The van der Waals surface area contributed by atoms with Crippen LogP contribution in [0.15, 0.2) is 23.1 Å². The van der Waals surface area contributed by atoms with Crippen molar-refractivity contribution < 1.29 is 8.42 Å². The van der Waals surface area contributed by atoms with Gasteiger partial charge in [-0.05, 0) is 19.1 Å². The van der Waals surface area contributed by atoms with E-state index in [1.165, 1.54) is 17.4 Å². The molecule has 0 aliphatic carbocycles. The van der Waals surface area contributed by atoms with E-state index in [9.17, 15) is 8.42 Å². The number of thiazole rings is 1. The lowest BCUT2D eigenvalue weighted by atomic mass is 10.3. The van der Waals surface area contributed by atoms with Gasteiger partial charge in [-0.25, -0.2) is 13.4 Å². The van der Waals surface area contributed by atoms with E-state index in [4.69, 9.17) is 10.7 Å². The molecule has 2 aromatic rings. The molecule has 0 saturated carbocycles. The van der Waals surface area contributed by atoms with Gasteiger partial charge in [-0.2, -0.15) is 0 Å². The quantitative estimate of drug-likeness (QED) is 0.728. The second-order valence-corrected chi connectivity index (χ2v) is 6.51. The summed E-state index contributed by atoms with van der Waals surface area (Å²) in [6.45, 7) is 1.83. The van der Waals surface area contributed by atoms with Crippen LogP contribution < -0.4 is 0 Å². The van der Waals surface area contributed by atoms with Crippen LogP contribution in [0.4, 0.5) is 0 Å². The predicted octanol–water partition coefficient (Wildman–Crippen LogP) is 2.53. The van der Waals surface area contributed by atoms with E-state index >= 15 is 0 Å². The minimum Gasteiger partial charge on any atom is -0.241 e. The van der Waals surface area contributed by atoms with E-state index in [-0.39, 0.29) is 4.90 Å². The number of nitrogens with zero attached hydrogens (tertiary/aromatic N) is 1. The van der Waals surface area contributed by atoms with Crippen molar-refractivity contribution >= 4 is 41.3 Å². The van der Waals surface area contributed by atoms with Gasteiger partial charge in [0, 0.05) is 10.7 Å². The van der Waals surface area contributed by atoms with E-state index in [0.717, 1.165) is 5.01 Å². The van der Waals surface area contributed by atoms with Crippen molar-refractivity contribution in [2.45, 2.75) is 11.8 Å². The molecule has 6 heteroatoms. The predicted molar refractivity (Wildman–Crippen MR) is 57.4 cm³/mol. The molecule has 0 fully saturated rings. The molecule has 0 bridgehead atoms. The van der Waals surface area contributed by atoms with Crippen LogP contribution in [0.3, 0.4) is 0 Å². The topological polar surface area (TPSA) is 47.0 Å². The Morgan fingerprint density at radius 2 is 2.14 bits per heavy atom. The maximum atomic E-state index is 11.2. The molecule has 0 N–H and O–H groups in total. The molecule has 1 aromatic carbocycles. The zero-order valence-corrected chi connectivity index (χ0v) is 9.58. The van der Waals surface area contributed by atoms with Crippen LogP contribution in [0.5, 0.6) is 0 Å². The van der Waals surface area contributed by atoms with Crippen LogP contribution in [0.2, 0.25) is 0 Å². The van der Waals surface area contributed by atoms with Crippen molar-refractivity contribution in [1.82, 2.24) is 4.98 Å². The Morgan fingerprint density at radius 1 is 1.43 bits per heavy atom. The van der Waals surface area contributed by atoms with Gasteiger partial charge >= 0.3 is 0 Å². The molecule has 0 aliphatic rings. The monoisotopic (exact) mass is 247 g/mol. The van der Waals surface area contributed by atoms with E-state index < -0.39 is 9.05 Å². The summed E-state index contributed by atoms with van der Waals surface area (Å²) in [5.74, 6) is 0. The number of benzene rings is 1. The van der Waals surface area contributed by atoms with Crippen LogP contribution in [-0.2, 0) is 9.05 Å². The lowest BCUT2D eigenvalue weighted by molar-refractivity contribution is 0.610. The van der Waals surface area contributed by atoms with Gasteiger partial charge in [0.2, 0.25) is 0 Å². The number of hydrogen-bond donors (Lipinski definition) is 0. The fourth-order valence-electron chi connectivity index (χ4n) is 1.23. The fourth-order valence-corrected chi connectivity index (χ4v) is 3.60. The van der Waals surface area contributed by atoms with Crippen LogP contribution >= 0.6 is 22.0 Å². The molecule has 0 spiro atoms. The van der Waals surface area contributed by atoms with Gasteiger partial charge in [0.05, 0.1) is 15.2 Å². The van der Waals surface area contributed by atoms with Gasteiger partial charge in [0.1, 0.15) is 4.90 Å². The zero-order chi connectivity index (χ0) is 10.3. The first kappa shape index (κ1) is 9.89. The van der Waals surface area contributed by atoms with Crippen molar-refractivity contribution in [3.8, 4) is 0 Å². The molecule has 0 amide bonds. The third-order valence-electron chi connectivity index (χ3n) is 1.75. The maximum Gasteiger partial charge on any atom is 0.262 e. The molecule has 0 atom stereocenters.